The van der Waals surface area contributed by atoms with Crippen molar-refractivity contribution in [1.29, 1.82) is 0 Å². The van der Waals surface area contributed by atoms with Crippen LogP contribution in [0.5, 0.6) is 5.75 Å². The number of amides is 2. The number of piperazine rings is 1. The number of H-pyrrole nitrogens is 2. The molecule has 5 aromatic rings. The maximum absolute atomic E-state index is 13.6. The number of aliphatic hydroxyl groups is 1. The van der Waals surface area contributed by atoms with Gasteiger partial charge in [-0.1, -0.05) is 23.3 Å². The molecule has 1 aromatic carbocycles. The van der Waals surface area contributed by atoms with Gasteiger partial charge in [0.05, 0.1) is 55.3 Å². The molecule has 1 saturated heterocycles. The van der Waals surface area contributed by atoms with E-state index in [-0.39, 0.29) is 37.6 Å². The number of aliphatic hydroxyl groups excluding tert-OH is 1. The number of aliphatic carboxylic acids is 1. The zero-order valence-electron chi connectivity index (χ0n) is 27.8. The molecule has 0 saturated carbocycles. The number of anilines is 1. The second kappa shape index (κ2) is 16.7. The number of halogens is 3. The monoisotopic (exact) mass is 743 g/mol. The Balaban J connectivity index is 0.000000705. The largest absolute Gasteiger partial charge is 0.494 e. The Labute approximate surface area is 296 Å². The molecule has 0 spiro atoms. The van der Waals surface area contributed by atoms with E-state index in [0.717, 1.165) is 5.69 Å². The Morgan fingerprint density at radius 1 is 1.06 bits per heavy atom. The standard InChI is InChI=1S/C29H31N11O6.C2HF3O2/c1-45-22-17-32-24(20-15-21(34-33-20)27(43)30-7-13-46-14-12-41)25-23(22)19(16-31-25)26(42)28(44)38-8-10-39(11-9-38)29-35-36-37-40(29)18-5-3-2-4-6-18;3-2(4,5)1(6)7/h2-6,15-17,31,41H,7-14H2,1H3,(H,30,43)(H,33,34);(H,6,7). The number of aromatic amines is 2. The number of hydrogen-bond donors (Lipinski definition) is 5. The summed E-state index contributed by atoms with van der Waals surface area (Å²) < 4.78 is 44.0. The maximum atomic E-state index is 13.6. The summed E-state index contributed by atoms with van der Waals surface area (Å²) in [5, 5.41) is 38.0. The summed E-state index contributed by atoms with van der Waals surface area (Å²) in [4.78, 5) is 59.5. The molecule has 2 amide bonds. The third kappa shape index (κ3) is 8.73. The van der Waals surface area contributed by atoms with Gasteiger partial charge < -0.3 is 39.8 Å². The smallest absolute Gasteiger partial charge is 0.490 e. The number of nitrogens with one attached hydrogen (secondary N) is 3. The molecule has 0 atom stereocenters. The maximum Gasteiger partial charge on any atom is 0.490 e. The molecule has 4 aromatic heterocycles. The first-order valence-corrected chi connectivity index (χ1v) is 15.7. The van der Waals surface area contributed by atoms with E-state index in [1.54, 1.807) is 4.68 Å². The van der Waals surface area contributed by atoms with Gasteiger partial charge in [-0.3, -0.25) is 19.5 Å². The number of methoxy groups -OCH3 is 1. The number of ketones is 1. The number of aromatic nitrogens is 8. The summed E-state index contributed by atoms with van der Waals surface area (Å²) in [6.07, 6.45) is -2.19. The van der Waals surface area contributed by atoms with Crippen LogP contribution in [0.25, 0.3) is 28.0 Å². The molecule has 5 N–H and O–H groups in total. The summed E-state index contributed by atoms with van der Waals surface area (Å²) in [5.74, 6) is -3.66. The predicted octanol–water partition coefficient (Wildman–Crippen LogP) is 0.841. The number of fused-ring (bicyclic) bond motifs is 1. The number of Topliss-reactive ketones (excluding diaryl/α,β-unsaturated/α-hetero) is 1. The molecule has 0 aliphatic carbocycles. The van der Waals surface area contributed by atoms with Crippen LogP contribution in [-0.2, 0) is 14.3 Å². The number of carbonyl (C=O) groups is 4. The Morgan fingerprint density at radius 3 is 2.43 bits per heavy atom. The first-order valence-electron chi connectivity index (χ1n) is 15.7. The summed E-state index contributed by atoms with van der Waals surface area (Å²) in [6.45, 7) is 2.03. The highest BCUT2D eigenvalue weighted by Gasteiger charge is 2.38. The minimum atomic E-state index is -5.08. The first-order chi connectivity index (χ1) is 25.4. The number of tetrazole rings is 1. The minimum Gasteiger partial charge on any atom is -0.494 e. The quantitative estimate of drug-likeness (QED) is 0.0676. The molecule has 0 unspecified atom stereocenters. The fourth-order valence-corrected chi connectivity index (χ4v) is 5.19. The summed E-state index contributed by atoms with van der Waals surface area (Å²) in [6, 6.07) is 11.0. The molecule has 1 aliphatic heterocycles. The van der Waals surface area contributed by atoms with E-state index >= 15 is 0 Å². The van der Waals surface area contributed by atoms with Crippen molar-refractivity contribution in [3.8, 4) is 22.8 Å². The molecule has 0 radical (unpaired) electrons. The lowest BCUT2D eigenvalue weighted by Crippen LogP contribution is -2.51. The Hall–Kier alpha value is -6.42. The van der Waals surface area contributed by atoms with Crippen LogP contribution in [0, 0.1) is 0 Å². The molecule has 22 heteroatoms. The van der Waals surface area contributed by atoms with Crippen molar-refractivity contribution in [1.82, 2.24) is 50.6 Å². The van der Waals surface area contributed by atoms with E-state index in [4.69, 9.17) is 24.5 Å². The zero-order chi connectivity index (χ0) is 38.1. The molecule has 0 bridgehead atoms. The number of rotatable bonds is 12. The Kier molecular flexibility index (Phi) is 11.9. The van der Waals surface area contributed by atoms with Gasteiger partial charge in [0.1, 0.15) is 22.8 Å². The van der Waals surface area contributed by atoms with Crippen LogP contribution >= 0.6 is 0 Å². The number of carbonyl (C=O) groups excluding carboxylic acids is 3. The number of alkyl halides is 3. The molecule has 1 aliphatic rings. The second-order valence-electron chi connectivity index (χ2n) is 11.0. The van der Waals surface area contributed by atoms with E-state index in [2.05, 4.69) is 41.0 Å². The second-order valence-corrected chi connectivity index (χ2v) is 11.0. The average molecular weight is 744 g/mol. The van der Waals surface area contributed by atoms with Gasteiger partial charge in [-0.05, 0) is 28.6 Å². The fraction of sp³-hybridized carbons (Fsp3) is 0.323. The highest BCUT2D eigenvalue weighted by atomic mass is 19.4. The average Bonchev–Trinajstić information content (AvgIpc) is 3.95. The number of carboxylic acid groups (broad SMARTS) is 1. The number of hydrogen-bond acceptors (Lipinski definition) is 13. The van der Waals surface area contributed by atoms with Crippen LogP contribution in [0.1, 0.15) is 20.8 Å². The number of nitrogens with zero attached hydrogens (tertiary/aromatic N) is 8. The summed E-state index contributed by atoms with van der Waals surface area (Å²) in [7, 11) is 1.45. The van der Waals surface area contributed by atoms with Gasteiger partial charge in [0.2, 0.25) is 5.95 Å². The van der Waals surface area contributed by atoms with Crippen LogP contribution in [0.3, 0.4) is 0 Å². The van der Waals surface area contributed by atoms with Gasteiger partial charge in [-0.2, -0.15) is 23.0 Å². The normalized spacial score (nSPS) is 13.0. The van der Waals surface area contributed by atoms with Crippen molar-refractivity contribution in [3.05, 3.63) is 60.0 Å². The molecule has 1 fully saturated rings. The third-order valence-electron chi connectivity index (χ3n) is 7.71. The lowest BCUT2D eigenvalue weighted by Gasteiger charge is -2.34. The topological polar surface area (TPSA) is 247 Å². The lowest BCUT2D eigenvalue weighted by atomic mass is 10.1. The lowest BCUT2D eigenvalue weighted by molar-refractivity contribution is -0.192. The third-order valence-corrected chi connectivity index (χ3v) is 7.71. The van der Waals surface area contributed by atoms with Crippen LogP contribution in [0.2, 0.25) is 0 Å². The number of pyridine rings is 1. The minimum absolute atomic E-state index is 0.0995. The molecule has 53 heavy (non-hydrogen) atoms. The molecule has 6 rings (SSSR count). The molecular weight excluding hydrogens is 711 g/mol. The van der Waals surface area contributed by atoms with Gasteiger partial charge in [0, 0.05) is 38.9 Å². The van der Waals surface area contributed by atoms with Crippen molar-refractivity contribution < 1.29 is 52.0 Å². The first kappa shape index (κ1) is 37.8. The highest BCUT2D eigenvalue weighted by Crippen LogP contribution is 2.34. The highest BCUT2D eigenvalue weighted by molar-refractivity contribution is 6.45. The van der Waals surface area contributed by atoms with Crippen LogP contribution < -0.4 is 15.0 Å². The van der Waals surface area contributed by atoms with Gasteiger partial charge in [0.25, 0.3) is 17.6 Å². The summed E-state index contributed by atoms with van der Waals surface area (Å²) in [5.41, 5.74) is 2.26. The van der Waals surface area contributed by atoms with E-state index in [1.165, 1.54) is 30.5 Å². The zero-order valence-corrected chi connectivity index (χ0v) is 27.8. The van der Waals surface area contributed by atoms with Gasteiger partial charge in [0.15, 0.2) is 0 Å². The van der Waals surface area contributed by atoms with Gasteiger partial charge in [-0.25, -0.2) is 9.78 Å². The number of para-hydroxylation sites is 1. The van der Waals surface area contributed by atoms with Crippen LogP contribution in [0.15, 0.2) is 48.8 Å². The van der Waals surface area contributed by atoms with Crippen molar-refractivity contribution >= 4 is 40.4 Å². The van der Waals surface area contributed by atoms with Crippen LogP contribution in [0.4, 0.5) is 19.1 Å². The number of ether oxygens (including phenoxy) is 2. The van der Waals surface area contributed by atoms with Crippen molar-refractivity contribution in [2.24, 2.45) is 0 Å². The van der Waals surface area contributed by atoms with Crippen LogP contribution in [-0.4, -0.2) is 145 Å². The fourth-order valence-electron chi connectivity index (χ4n) is 5.19. The van der Waals surface area contributed by atoms with E-state index in [1.807, 2.05) is 35.2 Å². The SMILES string of the molecule is COc1cnc(-c2cc(C(=O)NCCOCCO)[nH]n2)c2[nH]cc(C(=O)C(=O)N3CCN(c4nnnn4-c4ccccc4)CC3)c12.O=C(O)C(F)(F)F. The van der Waals surface area contributed by atoms with E-state index in [0.29, 0.717) is 60.2 Å². The molecule has 280 valence electrons. The van der Waals surface area contributed by atoms with Crippen molar-refractivity contribution in [2.45, 2.75) is 6.18 Å². The van der Waals surface area contributed by atoms with Crippen molar-refractivity contribution in [3.63, 3.8) is 0 Å². The van der Waals surface area contributed by atoms with Gasteiger partial charge >= 0.3 is 12.1 Å². The Morgan fingerprint density at radius 2 is 1.77 bits per heavy atom. The molecule has 5 heterocycles. The Bertz CT molecular complexity index is 2060. The number of carboxylic acids is 1. The van der Waals surface area contributed by atoms with E-state index in [9.17, 15) is 27.6 Å². The van der Waals surface area contributed by atoms with E-state index < -0.39 is 29.7 Å². The molecule has 19 nitrogen and oxygen atoms in total. The van der Waals surface area contributed by atoms with Gasteiger partial charge in [-0.15, -0.1) is 0 Å². The molecular formula is C31H32F3N11O8. The van der Waals surface area contributed by atoms with Crippen molar-refractivity contribution in [2.75, 3.05) is 64.6 Å². The number of benzene rings is 1. The summed E-state index contributed by atoms with van der Waals surface area (Å²) >= 11 is 0. The predicted molar refractivity (Wildman–Crippen MR) is 176 cm³/mol.